The van der Waals surface area contributed by atoms with E-state index in [1.807, 2.05) is 67.6 Å². The van der Waals surface area contributed by atoms with Crippen LogP contribution >= 0.6 is 0 Å². The Balaban J connectivity index is 2.02. The van der Waals surface area contributed by atoms with Crippen molar-refractivity contribution in [3.05, 3.63) is 115 Å². The van der Waals surface area contributed by atoms with Gasteiger partial charge in [-0.3, -0.25) is 0 Å². The number of hydrogen-bond acceptors (Lipinski definition) is 2. The van der Waals surface area contributed by atoms with E-state index < -0.39 is 0 Å². The van der Waals surface area contributed by atoms with Crippen LogP contribution in [0.1, 0.15) is 12.5 Å². The monoisotopic (exact) mass is 364 g/mol. The fourth-order valence-electron chi connectivity index (χ4n) is 3.02. The molecule has 137 valence electrons. The summed E-state index contributed by atoms with van der Waals surface area (Å²) in [4.78, 5) is 2.19. The van der Waals surface area contributed by atoms with Crippen molar-refractivity contribution < 1.29 is 5.02 Å². The maximum atomic E-state index is 9.21. The molecule has 0 aliphatic carbocycles. The van der Waals surface area contributed by atoms with Gasteiger partial charge in [0.2, 0.25) is 0 Å². The Bertz CT molecular complexity index is 958. The van der Waals surface area contributed by atoms with Crippen LogP contribution < -0.4 is 10.4 Å². The van der Waals surface area contributed by atoms with Crippen molar-refractivity contribution >= 4 is 35.6 Å². The molecule has 0 spiro atoms. The molecule has 28 heavy (non-hydrogen) atoms. The molecule has 3 aromatic carbocycles. The van der Waals surface area contributed by atoms with E-state index in [0.29, 0.717) is 0 Å². The number of para-hydroxylation sites is 1. The second-order valence-electron chi connectivity index (χ2n) is 6.29. The predicted octanol–water partition coefficient (Wildman–Crippen LogP) is 5.54. The van der Waals surface area contributed by atoms with Gasteiger partial charge in [0.25, 0.3) is 0 Å². The Morgan fingerprint density at radius 3 is 1.96 bits per heavy atom. The lowest BCUT2D eigenvalue weighted by Gasteiger charge is -2.25. The molecule has 3 heteroatoms. The molecule has 1 radical (unpaired) electrons. The van der Waals surface area contributed by atoms with E-state index in [9.17, 15) is 5.02 Å². The summed E-state index contributed by atoms with van der Waals surface area (Å²) in [7, 11) is 1.11. The summed E-state index contributed by atoms with van der Waals surface area (Å²) in [6.45, 7) is 5.92. The number of anilines is 3. The van der Waals surface area contributed by atoms with Crippen molar-refractivity contribution in [2.45, 2.75) is 6.92 Å². The molecule has 3 aromatic rings. The molecule has 0 aliphatic heterocycles. The molecule has 3 rings (SSSR count). The summed E-state index contributed by atoms with van der Waals surface area (Å²) >= 11 is 0. The zero-order chi connectivity index (χ0) is 19.8. The lowest BCUT2D eigenvalue weighted by Crippen LogP contribution is -2.15. The van der Waals surface area contributed by atoms with Gasteiger partial charge in [0.05, 0.1) is 0 Å². The topological polar surface area (TPSA) is 23.5 Å². The van der Waals surface area contributed by atoms with Gasteiger partial charge in [0.1, 0.15) is 0 Å². The molecular formula is C25H23BNO. The lowest BCUT2D eigenvalue weighted by atomic mass is 9.89. The van der Waals surface area contributed by atoms with Gasteiger partial charge < -0.3 is 9.92 Å². The molecule has 1 N–H and O–H groups in total. The third kappa shape index (κ3) is 4.51. The molecule has 0 aromatic heterocycles. The number of rotatable bonds is 7. The highest BCUT2D eigenvalue weighted by molar-refractivity contribution is 6.45. The molecule has 0 saturated carbocycles. The van der Waals surface area contributed by atoms with Crippen molar-refractivity contribution in [2.24, 2.45) is 0 Å². The average molecular weight is 364 g/mol. The van der Waals surface area contributed by atoms with Gasteiger partial charge in [-0.15, -0.1) is 0 Å². The van der Waals surface area contributed by atoms with Gasteiger partial charge >= 0.3 is 7.48 Å². The van der Waals surface area contributed by atoms with Crippen LogP contribution in [0.5, 0.6) is 0 Å². The minimum Gasteiger partial charge on any atom is -0.450 e. The average Bonchev–Trinajstić information content (AvgIpc) is 2.77. The Hall–Kier alpha value is -3.30. The molecule has 0 bridgehead atoms. The molecule has 0 aliphatic rings. The summed E-state index contributed by atoms with van der Waals surface area (Å²) in [5.74, 6) is 0. The van der Waals surface area contributed by atoms with Crippen LogP contribution in [-0.2, 0) is 0 Å². The van der Waals surface area contributed by atoms with Crippen molar-refractivity contribution in [3.63, 3.8) is 0 Å². The first-order valence-corrected chi connectivity index (χ1v) is 9.25. The first-order valence-electron chi connectivity index (χ1n) is 9.25. The molecule has 0 amide bonds. The summed E-state index contributed by atoms with van der Waals surface area (Å²) in [6, 6.07) is 26.5. The highest BCUT2D eigenvalue weighted by Gasteiger charge is 2.12. The van der Waals surface area contributed by atoms with Crippen molar-refractivity contribution in [3.8, 4) is 0 Å². The van der Waals surface area contributed by atoms with Gasteiger partial charge in [-0.2, -0.15) is 0 Å². The SMILES string of the molecule is C=C/C(=C\C=C/C)c1ccc(N(c2ccccc2)c2ccc([B]O)cc2)cc1. The van der Waals surface area contributed by atoms with Gasteiger partial charge in [0, 0.05) is 17.1 Å². The minimum absolute atomic E-state index is 0.775. The number of nitrogens with zero attached hydrogens (tertiary/aromatic N) is 1. The number of allylic oxidation sites excluding steroid dienone is 5. The Kier molecular flexibility index (Phi) is 6.66. The number of benzene rings is 3. The summed E-state index contributed by atoms with van der Waals surface area (Å²) < 4.78 is 0. The van der Waals surface area contributed by atoms with Crippen LogP contribution in [0.4, 0.5) is 17.1 Å². The Morgan fingerprint density at radius 1 is 0.857 bits per heavy atom. The van der Waals surface area contributed by atoms with E-state index >= 15 is 0 Å². The maximum Gasteiger partial charge on any atom is 0.326 e. The van der Waals surface area contributed by atoms with E-state index in [2.05, 4.69) is 54.0 Å². The Labute approximate surface area is 168 Å². The summed E-state index contributed by atoms with van der Waals surface area (Å²) in [6.07, 6.45) is 7.94. The van der Waals surface area contributed by atoms with Crippen LogP contribution in [-0.4, -0.2) is 12.5 Å². The quantitative estimate of drug-likeness (QED) is 0.440. The largest absolute Gasteiger partial charge is 0.450 e. The molecule has 0 atom stereocenters. The third-order valence-electron chi connectivity index (χ3n) is 4.46. The number of hydrogen-bond donors (Lipinski definition) is 1. The van der Waals surface area contributed by atoms with E-state index in [-0.39, 0.29) is 0 Å². The molecular weight excluding hydrogens is 341 g/mol. The standard InChI is InChI=1S/C25H23BNO/c1-3-5-9-20(4-2)21-12-16-24(17-13-21)27(23-10-7-6-8-11-23)25-18-14-22(26-28)15-19-25/h3-19,28H,2H2,1H3/b5-3-,20-9+. The van der Waals surface area contributed by atoms with Gasteiger partial charge in [-0.25, -0.2) is 0 Å². The van der Waals surface area contributed by atoms with Crippen LogP contribution in [0, 0.1) is 0 Å². The molecule has 0 saturated heterocycles. The van der Waals surface area contributed by atoms with Crippen LogP contribution in [0.2, 0.25) is 0 Å². The zero-order valence-corrected chi connectivity index (χ0v) is 16.0. The Morgan fingerprint density at radius 2 is 1.43 bits per heavy atom. The van der Waals surface area contributed by atoms with E-state index in [4.69, 9.17) is 0 Å². The van der Waals surface area contributed by atoms with E-state index in [1.165, 1.54) is 0 Å². The second kappa shape index (κ2) is 9.59. The molecule has 0 heterocycles. The van der Waals surface area contributed by atoms with Crippen LogP contribution in [0.15, 0.2) is 110 Å². The van der Waals surface area contributed by atoms with Gasteiger partial charge in [-0.05, 0) is 54.5 Å². The fraction of sp³-hybridized carbons (Fsp3) is 0.0400. The first-order chi connectivity index (χ1) is 13.8. The van der Waals surface area contributed by atoms with Gasteiger partial charge in [-0.1, -0.05) is 78.8 Å². The minimum atomic E-state index is 0.775. The smallest absolute Gasteiger partial charge is 0.326 e. The summed E-state index contributed by atoms with van der Waals surface area (Å²) in [5, 5.41) is 9.21. The molecule has 2 nitrogen and oxygen atoms in total. The normalized spacial score (nSPS) is 11.4. The zero-order valence-electron chi connectivity index (χ0n) is 16.0. The van der Waals surface area contributed by atoms with E-state index in [0.717, 1.165) is 41.1 Å². The van der Waals surface area contributed by atoms with Crippen molar-refractivity contribution in [1.29, 1.82) is 0 Å². The highest BCUT2D eigenvalue weighted by Crippen LogP contribution is 2.34. The fourth-order valence-corrected chi connectivity index (χ4v) is 3.02. The third-order valence-corrected chi connectivity index (χ3v) is 4.46. The van der Waals surface area contributed by atoms with Crippen molar-refractivity contribution in [2.75, 3.05) is 4.90 Å². The van der Waals surface area contributed by atoms with Crippen molar-refractivity contribution in [1.82, 2.24) is 0 Å². The molecule has 0 unspecified atom stereocenters. The second-order valence-corrected chi connectivity index (χ2v) is 6.29. The summed E-state index contributed by atoms with van der Waals surface area (Å²) in [5.41, 5.74) is 6.14. The molecule has 0 fully saturated rings. The van der Waals surface area contributed by atoms with Crippen LogP contribution in [0.3, 0.4) is 0 Å². The highest BCUT2D eigenvalue weighted by atomic mass is 16.2. The predicted molar refractivity (Wildman–Crippen MR) is 122 cm³/mol. The van der Waals surface area contributed by atoms with E-state index in [1.54, 1.807) is 0 Å². The first kappa shape index (κ1) is 19.5. The van der Waals surface area contributed by atoms with Crippen LogP contribution in [0.25, 0.3) is 5.57 Å². The maximum absolute atomic E-state index is 9.21. The van der Waals surface area contributed by atoms with Gasteiger partial charge in [0.15, 0.2) is 0 Å². The lowest BCUT2D eigenvalue weighted by molar-refractivity contribution is 0.615.